The number of aryl methyl sites for hydroxylation is 2. The van der Waals surface area contributed by atoms with E-state index in [-0.39, 0.29) is 24.5 Å². The zero-order valence-electron chi connectivity index (χ0n) is 14.4. The van der Waals surface area contributed by atoms with Crippen LogP contribution in [0.5, 0.6) is 0 Å². The van der Waals surface area contributed by atoms with Crippen molar-refractivity contribution in [2.45, 2.75) is 60.0 Å². The Morgan fingerprint density at radius 2 is 2.05 bits per heavy atom. The zero-order chi connectivity index (χ0) is 16.9. The third-order valence-electron chi connectivity index (χ3n) is 3.91. The normalized spacial score (nSPS) is 12.5. The lowest BCUT2D eigenvalue weighted by Crippen LogP contribution is -2.41. The summed E-state index contributed by atoms with van der Waals surface area (Å²) < 4.78 is 1.89. The summed E-state index contributed by atoms with van der Waals surface area (Å²) in [5.41, 5.74) is 4.39. The minimum absolute atomic E-state index is 0.0356. The number of aliphatic hydroxyl groups is 1. The van der Waals surface area contributed by atoms with E-state index in [1.807, 2.05) is 39.3 Å². The van der Waals surface area contributed by atoms with Gasteiger partial charge in [0.2, 0.25) is 5.91 Å². The second-order valence-electron chi connectivity index (χ2n) is 6.36. The highest BCUT2D eigenvalue weighted by Crippen LogP contribution is 2.17. The van der Waals surface area contributed by atoms with Gasteiger partial charge in [-0.05, 0) is 38.7 Å². The molecule has 0 bridgehead atoms. The highest BCUT2D eigenvalue weighted by atomic mass is 16.3. The largest absolute Gasteiger partial charge is 0.394 e. The smallest absolute Gasteiger partial charge is 0.222 e. The third kappa shape index (κ3) is 4.98. The molecule has 0 aliphatic rings. The Hall–Kier alpha value is -1.62. The summed E-state index contributed by atoms with van der Waals surface area (Å²) in [6.45, 7) is 14.4. The van der Waals surface area contributed by atoms with Crippen molar-refractivity contribution >= 4 is 5.91 Å². The quantitative estimate of drug-likeness (QED) is 0.723. The molecule has 1 heterocycles. The topological polar surface area (TPSA) is 67.2 Å². The number of carbonyl (C=O) groups excluding carboxylic acids is 1. The maximum Gasteiger partial charge on any atom is 0.222 e. The molecule has 0 radical (unpaired) electrons. The van der Waals surface area contributed by atoms with E-state index in [4.69, 9.17) is 0 Å². The van der Waals surface area contributed by atoms with E-state index in [9.17, 15) is 9.90 Å². The fourth-order valence-corrected chi connectivity index (χ4v) is 2.42. The van der Waals surface area contributed by atoms with Crippen LogP contribution in [0.2, 0.25) is 0 Å². The second kappa shape index (κ2) is 8.13. The van der Waals surface area contributed by atoms with Gasteiger partial charge in [-0.15, -0.1) is 0 Å². The van der Waals surface area contributed by atoms with Gasteiger partial charge < -0.3 is 10.4 Å². The monoisotopic (exact) mass is 307 g/mol. The molecule has 1 atom stereocenters. The molecule has 0 saturated carbocycles. The van der Waals surface area contributed by atoms with Crippen LogP contribution in [0.25, 0.3) is 0 Å². The van der Waals surface area contributed by atoms with Gasteiger partial charge in [0.05, 0.1) is 18.3 Å². The predicted molar refractivity (Wildman–Crippen MR) is 88.7 cm³/mol. The average Bonchev–Trinajstić information content (AvgIpc) is 2.69. The van der Waals surface area contributed by atoms with Crippen molar-refractivity contribution in [3.8, 4) is 0 Å². The van der Waals surface area contributed by atoms with E-state index in [0.29, 0.717) is 13.0 Å². The van der Waals surface area contributed by atoms with Crippen LogP contribution < -0.4 is 5.32 Å². The molecule has 1 amide bonds. The first-order valence-electron chi connectivity index (χ1n) is 7.83. The van der Waals surface area contributed by atoms with Crippen molar-refractivity contribution in [3.05, 3.63) is 29.1 Å². The fraction of sp³-hybridized carbons (Fsp3) is 0.647. The Balaban J connectivity index is 2.65. The molecule has 1 aromatic rings. The second-order valence-corrected chi connectivity index (χ2v) is 6.36. The molecule has 5 heteroatoms. The molecule has 124 valence electrons. The van der Waals surface area contributed by atoms with Gasteiger partial charge in [0.15, 0.2) is 0 Å². The lowest BCUT2D eigenvalue weighted by Gasteiger charge is -2.19. The first-order valence-corrected chi connectivity index (χ1v) is 7.83. The molecule has 0 aliphatic carbocycles. The number of hydrogen-bond acceptors (Lipinski definition) is 3. The fourth-order valence-electron chi connectivity index (χ4n) is 2.42. The summed E-state index contributed by atoms with van der Waals surface area (Å²) in [7, 11) is 0. The number of rotatable bonds is 8. The zero-order valence-corrected chi connectivity index (χ0v) is 14.4. The van der Waals surface area contributed by atoms with Crippen molar-refractivity contribution in [2.75, 3.05) is 6.61 Å². The number of allylic oxidation sites excluding steroid dienone is 1. The molecule has 5 nitrogen and oxygen atoms in total. The van der Waals surface area contributed by atoms with E-state index in [1.54, 1.807) is 0 Å². The number of aromatic nitrogens is 2. The summed E-state index contributed by atoms with van der Waals surface area (Å²) in [4.78, 5) is 12.0. The van der Waals surface area contributed by atoms with Crippen LogP contribution in [0.3, 0.4) is 0 Å². The predicted octanol–water partition coefficient (Wildman–Crippen LogP) is 2.14. The Kier molecular flexibility index (Phi) is 6.81. The van der Waals surface area contributed by atoms with Crippen LogP contribution in [0.1, 0.15) is 44.1 Å². The van der Waals surface area contributed by atoms with Gasteiger partial charge in [-0.25, -0.2) is 0 Å². The lowest BCUT2D eigenvalue weighted by atomic mass is 10.1. The van der Waals surface area contributed by atoms with E-state index >= 15 is 0 Å². The van der Waals surface area contributed by atoms with Crippen LogP contribution in [0.15, 0.2) is 12.2 Å². The van der Waals surface area contributed by atoms with Crippen molar-refractivity contribution < 1.29 is 9.90 Å². The maximum absolute atomic E-state index is 12.0. The highest BCUT2D eigenvalue weighted by molar-refractivity contribution is 5.76. The average molecular weight is 307 g/mol. The molecule has 0 aromatic carbocycles. The third-order valence-corrected chi connectivity index (χ3v) is 3.91. The van der Waals surface area contributed by atoms with Gasteiger partial charge in [-0.2, -0.15) is 5.10 Å². The summed E-state index contributed by atoms with van der Waals surface area (Å²) in [5, 5.41) is 16.6. The Morgan fingerprint density at radius 3 is 2.55 bits per heavy atom. The number of aliphatic hydroxyl groups excluding tert-OH is 1. The van der Waals surface area contributed by atoms with Crippen LogP contribution in [0.4, 0.5) is 0 Å². The Labute approximate surface area is 133 Å². The Morgan fingerprint density at radius 1 is 1.41 bits per heavy atom. The van der Waals surface area contributed by atoms with E-state index < -0.39 is 0 Å². The minimum Gasteiger partial charge on any atom is -0.394 e. The summed E-state index contributed by atoms with van der Waals surface area (Å²) in [6.07, 6.45) is 1.18. The van der Waals surface area contributed by atoms with Crippen LogP contribution in [-0.2, 0) is 17.8 Å². The minimum atomic E-state index is -0.188. The van der Waals surface area contributed by atoms with Gasteiger partial charge >= 0.3 is 0 Å². The molecule has 22 heavy (non-hydrogen) atoms. The van der Waals surface area contributed by atoms with Crippen molar-refractivity contribution in [1.29, 1.82) is 0 Å². The molecule has 0 aliphatic heterocycles. The lowest BCUT2D eigenvalue weighted by molar-refractivity contribution is -0.122. The van der Waals surface area contributed by atoms with Gasteiger partial charge in [-0.3, -0.25) is 9.48 Å². The van der Waals surface area contributed by atoms with Crippen LogP contribution in [-0.4, -0.2) is 33.4 Å². The molecular formula is C17H29N3O2. The van der Waals surface area contributed by atoms with Crippen LogP contribution >= 0.6 is 0 Å². The maximum atomic E-state index is 12.0. The molecule has 0 saturated heterocycles. The SMILES string of the molecule is C=C(C)Cc1c(C)nn(CCC(=O)N[C@@H](CO)C(C)C)c1C. The molecule has 0 spiro atoms. The molecular weight excluding hydrogens is 278 g/mol. The molecule has 1 rings (SSSR count). The first kappa shape index (κ1) is 18.4. The van der Waals surface area contributed by atoms with Crippen molar-refractivity contribution in [2.24, 2.45) is 5.92 Å². The number of nitrogens with one attached hydrogen (secondary N) is 1. The van der Waals surface area contributed by atoms with Crippen LogP contribution in [0, 0.1) is 19.8 Å². The molecule has 0 unspecified atom stereocenters. The number of nitrogens with zero attached hydrogens (tertiary/aromatic N) is 2. The molecule has 1 aromatic heterocycles. The standard InChI is InChI=1S/C17H29N3O2/c1-11(2)9-15-13(5)19-20(14(15)6)8-7-17(22)18-16(10-21)12(3)4/h12,16,21H,1,7-10H2,2-6H3,(H,18,22)/t16-/m0/s1. The number of hydrogen-bond donors (Lipinski definition) is 2. The molecule has 2 N–H and O–H groups in total. The summed E-state index contributed by atoms with van der Waals surface area (Å²) in [5.74, 6) is 0.159. The van der Waals surface area contributed by atoms with E-state index in [2.05, 4.69) is 17.0 Å². The summed E-state index contributed by atoms with van der Waals surface area (Å²) >= 11 is 0. The number of amides is 1. The van der Waals surface area contributed by atoms with Gasteiger partial charge in [0, 0.05) is 18.7 Å². The van der Waals surface area contributed by atoms with E-state index in [1.165, 1.54) is 5.56 Å². The van der Waals surface area contributed by atoms with E-state index in [0.717, 1.165) is 23.4 Å². The van der Waals surface area contributed by atoms with Crippen molar-refractivity contribution in [1.82, 2.24) is 15.1 Å². The Bertz CT molecular complexity index is 532. The van der Waals surface area contributed by atoms with Gasteiger partial charge in [0.25, 0.3) is 0 Å². The highest BCUT2D eigenvalue weighted by Gasteiger charge is 2.16. The van der Waals surface area contributed by atoms with Gasteiger partial charge in [0.1, 0.15) is 0 Å². The van der Waals surface area contributed by atoms with Gasteiger partial charge in [-0.1, -0.05) is 26.0 Å². The van der Waals surface area contributed by atoms with Crippen molar-refractivity contribution in [3.63, 3.8) is 0 Å². The summed E-state index contributed by atoms with van der Waals surface area (Å²) in [6, 6.07) is -0.188. The number of carbonyl (C=O) groups is 1. The first-order chi connectivity index (χ1) is 10.3. The molecule has 0 fully saturated rings.